The first kappa shape index (κ1) is 17.1. The predicted molar refractivity (Wildman–Crippen MR) is 101 cm³/mol. The van der Waals surface area contributed by atoms with E-state index in [0.717, 1.165) is 22.1 Å². The van der Waals surface area contributed by atoms with Gasteiger partial charge < -0.3 is 14.8 Å². The van der Waals surface area contributed by atoms with Crippen molar-refractivity contribution < 1.29 is 14.3 Å². The number of aryl methyl sites for hydroxylation is 1. The molecule has 0 aromatic heterocycles. The van der Waals surface area contributed by atoms with Gasteiger partial charge in [0.05, 0.1) is 17.8 Å². The highest BCUT2D eigenvalue weighted by molar-refractivity contribution is 6.33. The van der Waals surface area contributed by atoms with Crippen molar-refractivity contribution in [3.63, 3.8) is 0 Å². The number of nitrogens with one attached hydrogen (secondary N) is 1. The SMILES string of the molecule is COc1ccc2ccc(OCC(=O)Nc3ccc(C)cc3Cl)cc2c1. The molecule has 0 aliphatic rings. The molecule has 3 aromatic carbocycles. The molecule has 128 valence electrons. The Morgan fingerprint density at radius 3 is 2.44 bits per heavy atom. The Morgan fingerprint density at radius 2 is 1.72 bits per heavy atom. The lowest BCUT2D eigenvalue weighted by Gasteiger charge is -2.10. The first-order chi connectivity index (χ1) is 12.0. The van der Waals surface area contributed by atoms with Crippen LogP contribution in [0.5, 0.6) is 11.5 Å². The molecule has 1 amide bonds. The molecule has 0 radical (unpaired) electrons. The first-order valence-corrected chi connectivity index (χ1v) is 8.19. The summed E-state index contributed by atoms with van der Waals surface area (Å²) in [7, 11) is 1.63. The molecule has 1 N–H and O–H groups in total. The van der Waals surface area contributed by atoms with Crippen molar-refractivity contribution in [2.24, 2.45) is 0 Å². The summed E-state index contributed by atoms with van der Waals surface area (Å²) in [5.41, 5.74) is 1.61. The number of methoxy groups -OCH3 is 1. The molecule has 25 heavy (non-hydrogen) atoms. The fraction of sp³-hybridized carbons (Fsp3) is 0.150. The summed E-state index contributed by atoms with van der Waals surface area (Å²) < 4.78 is 10.8. The van der Waals surface area contributed by atoms with Crippen LogP contribution in [0.3, 0.4) is 0 Å². The Hall–Kier alpha value is -2.72. The average molecular weight is 356 g/mol. The first-order valence-electron chi connectivity index (χ1n) is 7.82. The summed E-state index contributed by atoms with van der Waals surface area (Å²) in [5.74, 6) is 1.12. The highest BCUT2D eigenvalue weighted by Gasteiger charge is 2.07. The number of benzene rings is 3. The van der Waals surface area contributed by atoms with Crippen molar-refractivity contribution in [1.29, 1.82) is 0 Å². The highest BCUT2D eigenvalue weighted by Crippen LogP contribution is 2.25. The maximum atomic E-state index is 12.1. The number of amides is 1. The van der Waals surface area contributed by atoms with Gasteiger partial charge in [0.1, 0.15) is 11.5 Å². The Kier molecular flexibility index (Phi) is 5.10. The van der Waals surface area contributed by atoms with Gasteiger partial charge in [-0.2, -0.15) is 0 Å². The molecule has 0 bridgehead atoms. The highest BCUT2D eigenvalue weighted by atomic mass is 35.5. The summed E-state index contributed by atoms with van der Waals surface area (Å²) in [6.07, 6.45) is 0. The van der Waals surface area contributed by atoms with E-state index in [1.807, 2.05) is 49.4 Å². The molecule has 0 spiro atoms. The van der Waals surface area contributed by atoms with Crippen molar-refractivity contribution in [2.75, 3.05) is 19.0 Å². The molecule has 0 aliphatic heterocycles. The molecule has 4 nitrogen and oxygen atoms in total. The van der Waals surface area contributed by atoms with Crippen molar-refractivity contribution >= 4 is 34.0 Å². The second-order valence-electron chi connectivity index (χ2n) is 5.70. The normalized spacial score (nSPS) is 10.5. The number of hydrogen-bond acceptors (Lipinski definition) is 3. The Morgan fingerprint density at radius 1 is 1.00 bits per heavy atom. The predicted octanol–water partition coefficient (Wildman–Crippen LogP) is 4.83. The average Bonchev–Trinajstić information content (AvgIpc) is 2.61. The molecule has 5 heteroatoms. The molecular formula is C20H18ClNO3. The van der Waals surface area contributed by atoms with E-state index in [2.05, 4.69) is 5.32 Å². The standard InChI is InChI=1S/C20H18ClNO3/c1-13-3-8-19(18(21)9-13)22-20(23)12-25-17-7-5-14-4-6-16(24-2)10-15(14)11-17/h3-11H,12H2,1-2H3,(H,22,23). The van der Waals surface area contributed by atoms with Crippen LogP contribution in [0.15, 0.2) is 54.6 Å². The molecular weight excluding hydrogens is 338 g/mol. The lowest BCUT2D eigenvalue weighted by atomic mass is 10.1. The van der Waals surface area contributed by atoms with E-state index in [4.69, 9.17) is 21.1 Å². The van der Waals surface area contributed by atoms with Gasteiger partial charge in [-0.25, -0.2) is 0 Å². The molecule has 0 atom stereocenters. The van der Waals surface area contributed by atoms with Crippen molar-refractivity contribution in [3.8, 4) is 11.5 Å². The summed E-state index contributed by atoms with van der Waals surface area (Å²) in [6, 6.07) is 16.9. The number of rotatable bonds is 5. The third-order valence-corrected chi connectivity index (χ3v) is 4.10. The summed E-state index contributed by atoms with van der Waals surface area (Å²) in [4.78, 5) is 12.1. The van der Waals surface area contributed by atoms with Crippen LogP contribution in [-0.2, 0) is 4.79 Å². The number of halogens is 1. The lowest BCUT2D eigenvalue weighted by Crippen LogP contribution is -2.20. The number of hydrogen-bond donors (Lipinski definition) is 1. The fourth-order valence-corrected chi connectivity index (χ4v) is 2.76. The summed E-state index contributed by atoms with van der Waals surface area (Å²) in [6.45, 7) is 1.84. The molecule has 0 unspecified atom stereocenters. The zero-order valence-corrected chi connectivity index (χ0v) is 14.8. The molecule has 0 heterocycles. The van der Waals surface area contributed by atoms with Gasteiger partial charge in [0.2, 0.25) is 0 Å². The number of ether oxygens (including phenoxy) is 2. The lowest BCUT2D eigenvalue weighted by molar-refractivity contribution is -0.118. The minimum atomic E-state index is -0.267. The van der Waals surface area contributed by atoms with Crippen molar-refractivity contribution in [2.45, 2.75) is 6.92 Å². The van der Waals surface area contributed by atoms with E-state index >= 15 is 0 Å². The van der Waals surface area contributed by atoms with Crippen LogP contribution in [0.4, 0.5) is 5.69 Å². The van der Waals surface area contributed by atoms with E-state index in [1.165, 1.54) is 0 Å². The summed E-state index contributed by atoms with van der Waals surface area (Å²) in [5, 5.41) is 5.31. The third-order valence-electron chi connectivity index (χ3n) is 3.79. The molecule has 3 rings (SSSR count). The summed E-state index contributed by atoms with van der Waals surface area (Å²) >= 11 is 6.12. The van der Waals surface area contributed by atoms with E-state index in [1.54, 1.807) is 19.2 Å². The van der Waals surface area contributed by atoms with Crippen LogP contribution in [0.2, 0.25) is 5.02 Å². The molecule has 0 fully saturated rings. The largest absolute Gasteiger partial charge is 0.497 e. The van der Waals surface area contributed by atoms with Crippen LogP contribution in [0.1, 0.15) is 5.56 Å². The minimum absolute atomic E-state index is 0.0975. The van der Waals surface area contributed by atoms with Crippen LogP contribution in [0, 0.1) is 6.92 Å². The Balaban J connectivity index is 1.66. The zero-order valence-electron chi connectivity index (χ0n) is 14.0. The quantitative estimate of drug-likeness (QED) is 0.713. The second-order valence-corrected chi connectivity index (χ2v) is 6.10. The maximum absolute atomic E-state index is 12.1. The van der Waals surface area contributed by atoms with E-state index in [9.17, 15) is 4.79 Å². The van der Waals surface area contributed by atoms with Gasteiger partial charge in [-0.3, -0.25) is 4.79 Å². The topological polar surface area (TPSA) is 47.6 Å². The Bertz CT molecular complexity index is 924. The van der Waals surface area contributed by atoms with Crippen LogP contribution in [0.25, 0.3) is 10.8 Å². The van der Waals surface area contributed by atoms with Gasteiger partial charge in [0, 0.05) is 0 Å². The molecule has 0 saturated carbocycles. The minimum Gasteiger partial charge on any atom is -0.497 e. The van der Waals surface area contributed by atoms with Gasteiger partial charge >= 0.3 is 0 Å². The number of fused-ring (bicyclic) bond motifs is 1. The number of carbonyl (C=O) groups excluding carboxylic acids is 1. The van der Waals surface area contributed by atoms with Crippen LogP contribution >= 0.6 is 11.6 Å². The van der Waals surface area contributed by atoms with E-state index in [0.29, 0.717) is 16.5 Å². The van der Waals surface area contributed by atoms with Crippen molar-refractivity contribution in [1.82, 2.24) is 0 Å². The van der Waals surface area contributed by atoms with Gasteiger partial charge in [0.15, 0.2) is 6.61 Å². The van der Waals surface area contributed by atoms with Gasteiger partial charge in [-0.15, -0.1) is 0 Å². The molecule has 0 aliphatic carbocycles. The smallest absolute Gasteiger partial charge is 0.262 e. The van der Waals surface area contributed by atoms with Gasteiger partial charge in [-0.05, 0) is 59.7 Å². The Labute approximate surface area is 151 Å². The monoisotopic (exact) mass is 355 g/mol. The van der Waals surface area contributed by atoms with Crippen LogP contribution < -0.4 is 14.8 Å². The maximum Gasteiger partial charge on any atom is 0.262 e. The molecule has 0 saturated heterocycles. The van der Waals surface area contributed by atoms with E-state index in [-0.39, 0.29) is 12.5 Å². The third kappa shape index (κ3) is 4.22. The number of anilines is 1. The van der Waals surface area contributed by atoms with Crippen LogP contribution in [-0.4, -0.2) is 19.6 Å². The van der Waals surface area contributed by atoms with E-state index < -0.39 is 0 Å². The zero-order chi connectivity index (χ0) is 17.8. The van der Waals surface area contributed by atoms with Gasteiger partial charge in [-0.1, -0.05) is 29.8 Å². The van der Waals surface area contributed by atoms with Crippen molar-refractivity contribution in [3.05, 3.63) is 65.2 Å². The number of carbonyl (C=O) groups is 1. The van der Waals surface area contributed by atoms with Gasteiger partial charge in [0.25, 0.3) is 5.91 Å². The fourth-order valence-electron chi connectivity index (χ4n) is 2.48. The second kappa shape index (κ2) is 7.45. The molecule has 3 aromatic rings.